The van der Waals surface area contributed by atoms with Gasteiger partial charge in [-0.1, -0.05) is 45.7 Å². The zero-order valence-electron chi connectivity index (χ0n) is 10.9. The van der Waals surface area contributed by atoms with Crippen LogP contribution in [0.25, 0.3) is 0 Å². The Kier molecular flexibility index (Phi) is 4.94. The van der Waals surface area contributed by atoms with E-state index >= 15 is 0 Å². The van der Waals surface area contributed by atoms with Crippen molar-refractivity contribution in [1.82, 2.24) is 0 Å². The van der Waals surface area contributed by atoms with Gasteiger partial charge < -0.3 is 0 Å². The highest BCUT2D eigenvalue weighted by Gasteiger charge is 2.13. The zero-order valence-corrected chi connectivity index (χ0v) is 14.0. The smallest absolute Gasteiger partial charge is 0.0640 e. The largest absolute Gasteiger partial charge is 0.117 e. The van der Waals surface area contributed by atoms with Crippen LogP contribution in [0.5, 0.6) is 0 Å². The highest BCUT2D eigenvalue weighted by Crippen LogP contribution is 2.33. The number of alkyl halides is 1. The van der Waals surface area contributed by atoms with Crippen LogP contribution in [-0.2, 0) is 6.42 Å². The van der Waals surface area contributed by atoms with Gasteiger partial charge in [0, 0.05) is 9.50 Å². The van der Waals surface area contributed by atoms with Crippen LogP contribution in [0.4, 0.5) is 0 Å². The third kappa shape index (κ3) is 3.75. The lowest BCUT2D eigenvalue weighted by Gasteiger charge is -2.13. The van der Waals surface area contributed by atoms with Crippen molar-refractivity contribution in [2.45, 2.75) is 25.6 Å². The molecule has 0 heterocycles. The van der Waals surface area contributed by atoms with Gasteiger partial charge in [-0.2, -0.15) is 0 Å². The first-order valence-electron chi connectivity index (χ1n) is 6.12. The lowest BCUT2D eigenvalue weighted by molar-refractivity contribution is 0.916. The maximum absolute atomic E-state index is 6.50. The predicted molar refractivity (Wildman–Crippen MR) is 87.4 cm³/mol. The molecule has 0 nitrogen and oxygen atoms in total. The summed E-state index contributed by atoms with van der Waals surface area (Å²) in [5, 5.41) is 0.596. The Morgan fingerprint density at radius 3 is 2.47 bits per heavy atom. The minimum Gasteiger partial charge on any atom is -0.117 e. The SMILES string of the molecule is Cc1ccc(CC(Cl)c2cc(Br)ccc2Cl)cc1C. The molecule has 0 aliphatic carbocycles. The monoisotopic (exact) mass is 356 g/mol. The summed E-state index contributed by atoms with van der Waals surface area (Å²) in [7, 11) is 0. The van der Waals surface area contributed by atoms with E-state index in [-0.39, 0.29) is 5.38 Å². The standard InChI is InChI=1S/C16H15BrCl2/c1-10-3-4-12(7-11(10)2)8-16(19)14-9-13(17)5-6-15(14)18/h3-7,9,16H,8H2,1-2H3. The van der Waals surface area contributed by atoms with Gasteiger partial charge in [0.25, 0.3) is 0 Å². The third-order valence-corrected chi connectivity index (χ3v) is 4.51. The van der Waals surface area contributed by atoms with Crippen molar-refractivity contribution in [2.75, 3.05) is 0 Å². The molecule has 2 aromatic rings. The first-order valence-corrected chi connectivity index (χ1v) is 7.73. The molecule has 0 spiro atoms. The molecule has 0 radical (unpaired) electrons. The van der Waals surface area contributed by atoms with E-state index in [1.807, 2.05) is 18.2 Å². The van der Waals surface area contributed by atoms with E-state index < -0.39 is 0 Å². The van der Waals surface area contributed by atoms with Gasteiger partial charge in [0.2, 0.25) is 0 Å². The Bertz CT molecular complexity index is 593. The van der Waals surface area contributed by atoms with Crippen LogP contribution in [0.15, 0.2) is 40.9 Å². The summed E-state index contributed by atoms with van der Waals surface area (Å²) in [6, 6.07) is 12.2. The quantitative estimate of drug-likeness (QED) is 0.570. The van der Waals surface area contributed by atoms with Crippen molar-refractivity contribution in [2.24, 2.45) is 0 Å². The topological polar surface area (TPSA) is 0 Å². The normalized spacial score (nSPS) is 12.5. The fraction of sp³-hybridized carbons (Fsp3) is 0.250. The molecule has 19 heavy (non-hydrogen) atoms. The lowest BCUT2D eigenvalue weighted by Crippen LogP contribution is -1.98. The number of hydrogen-bond acceptors (Lipinski definition) is 0. The second kappa shape index (κ2) is 6.30. The number of benzene rings is 2. The molecular formula is C16H15BrCl2. The summed E-state index contributed by atoms with van der Waals surface area (Å²) in [6.45, 7) is 4.23. The maximum atomic E-state index is 6.50. The van der Waals surface area contributed by atoms with Crippen molar-refractivity contribution >= 4 is 39.1 Å². The number of rotatable bonds is 3. The van der Waals surface area contributed by atoms with Gasteiger partial charge in [0.1, 0.15) is 0 Å². The minimum absolute atomic E-state index is 0.118. The first-order chi connectivity index (χ1) is 8.97. The molecular weight excluding hydrogens is 343 g/mol. The van der Waals surface area contributed by atoms with Crippen LogP contribution in [0.3, 0.4) is 0 Å². The molecule has 3 heteroatoms. The van der Waals surface area contributed by atoms with Gasteiger partial charge in [0.15, 0.2) is 0 Å². The molecule has 0 amide bonds. The van der Waals surface area contributed by atoms with Crippen molar-refractivity contribution in [3.63, 3.8) is 0 Å². The fourth-order valence-electron chi connectivity index (χ4n) is 2.00. The highest BCUT2D eigenvalue weighted by molar-refractivity contribution is 9.10. The highest BCUT2D eigenvalue weighted by atomic mass is 79.9. The van der Waals surface area contributed by atoms with Gasteiger partial charge >= 0.3 is 0 Å². The molecule has 0 aliphatic rings. The molecule has 100 valence electrons. The first kappa shape index (κ1) is 14.9. The fourth-order valence-corrected chi connectivity index (χ4v) is 3.04. The van der Waals surface area contributed by atoms with Crippen LogP contribution in [0.1, 0.15) is 27.6 Å². The van der Waals surface area contributed by atoms with Gasteiger partial charge in [0.05, 0.1) is 5.38 Å². The molecule has 0 saturated heterocycles. The van der Waals surface area contributed by atoms with E-state index in [0.717, 1.165) is 16.5 Å². The van der Waals surface area contributed by atoms with E-state index in [2.05, 4.69) is 48.0 Å². The number of halogens is 3. The molecule has 0 bridgehead atoms. The van der Waals surface area contributed by atoms with E-state index in [4.69, 9.17) is 23.2 Å². The van der Waals surface area contributed by atoms with Gasteiger partial charge in [-0.3, -0.25) is 0 Å². The number of hydrogen-bond donors (Lipinski definition) is 0. The van der Waals surface area contributed by atoms with E-state index in [1.165, 1.54) is 16.7 Å². The Balaban J connectivity index is 2.22. The molecule has 2 rings (SSSR count). The van der Waals surface area contributed by atoms with Crippen molar-refractivity contribution in [3.05, 3.63) is 68.1 Å². The summed E-state index contributed by atoms with van der Waals surface area (Å²) in [6.07, 6.45) is 0.777. The van der Waals surface area contributed by atoms with Crippen molar-refractivity contribution in [1.29, 1.82) is 0 Å². The average molecular weight is 358 g/mol. The lowest BCUT2D eigenvalue weighted by atomic mass is 10.00. The van der Waals surface area contributed by atoms with Crippen LogP contribution < -0.4 is 0 Å². The van der Waals surface area contributed by atoms with Crippen LogP contribution in [0.2, 0.25) is 5.02 Å². The summed E-state index contributed by atoms with van der Waals surface area (Å²) in [4.78, 5) is 0. The summed E-state index contributed by atoms with van der Waals surface area (Å²) < 4.78 is 0.998. The second-order valence-electron chi connectivity index (χ2n) is 4.76. The molecule has 1 unspecified atom stereocenters. The zero-order chi connectivity index (χ0) is 14.0. The maximum Gasteiger partial charge on any atom is 0.0640 e. The van der Waals surface area contributed by atoms with E-state index in [0.29, 0.717) is 5.02 Å². The molecule has 0 aliphatic heterocycles. The predicted octanol–water partition coefficient (Wildman–Crippen LogP) is 6.24. The molecule has 1 atom stereocenters. The third-order valence-electron chi connectivity index (χ3n) is 3.28. The average Bonchev–Trinajstić information content (AvgIpc) is 2.36. The molecule has 2 aromatic carbocycles. The van der Waals surface area contributed by atoms with Crippen LogP contribution in [0, 0.1) is 13.8 Å². The molecule has 0 fully saturated rings. The van der Waals surface area contributed by atoms with Gasteiger partial charge in [-0.25, -0.2) is 0 Å². The van der Waals surface area contributed by atoms with Gasteiger partial charge in [-0.15, -0.1) is 11.6 Å². The van der Waals surface area contributed by atoms with E-state index in [9.17, 15) is 0 Å². The second-order valence-corrected chi connectivity index (χ2v) is 6.61. The molecule has 0 saturated carbocycles. The van der Waals surface area contributed by atoms with Gasteiger partial charge in [-0.05, 0) is 60.7 Å². The van der Waals surface area contributed by atoms with E-state index in [1.54, 1.807) is 0 Å². The Morgan fingerprint density at radius 2 is 1.79 bits per heavy atom. The summed E-state index contributed by atoms with van der Waals surface area (Å²) >= 11 is 16.2. The minimum atomic E-state index is -0.118. The summed E-state index contributed by atoms with van der Waals surface area (Å²) in [5.41, 5.74) is 4.80. The number of aryl methyl sites for hydroxylation is 2. The molecule has 0 aromatic heterocycles. The van der Waals surface area contributed by atoms with Crippen molar-refractivity contribution < 1.29 is 0 Å². The Labute approximate surface area is 132 Å². The van der Waals surface area contributed by atoms with Crippen molar-refractivity contribution in [3.8, 4) is 0 Å². The van der Waals surface area contributed by atoms with Crippen LogP contribution >= 0.6 is 39.1 Å². The summed E-state index contributed by atoms with van der Waals surface area (Å²) in [5.74, 6) is 0. The van der Waals surface area contributed by atoms with Crippen LogP contribution in [-0.4, -0.2) is 0 Å². The molecule has 0 N–H and O–H groups in total. The Hall–Kier alpha value is -0.500. The Morgan fingerprint density at radius 1 is 1.05 bits per heavy atom.